The third kappa shape index (κ3) is 2.42. The zero-order valence-corrected chi connectivity index (χ0v) is 11.8. The molecule has 0 radical (unpaired) electrons. The fourth-order valence-corrected chi connectivity index (χ4v) is 3.04. The van der Waals surface area contributed by atoms with E-state index in [9.17, 15) is 0 Å². The van der Waals surface area contributed by atoms with E-state index in [0.29, 0.717) is 12.6 Å². The zero-order valence-electron chi connectivity index (χ0n) is 11.8. The third-order valence-electron chi connectivity index (χ3n) is 4.07. The van der Waals surface area contributed by atoms with Crippen LogP contribution in [0.5, 0.6) is 0 Å². The number of pyridine rings is 1. The summed E-state index contributed by atoms with van der Waals surface area (Å²) in [6, 6.07) is 11.0. The molecule has 1 aliphatic rings. The first-order valence-corrected chi connectivity index (χ1v) is 7.18. The first-order chi connectivity index (χ1) is 9.81. The molecule has 0 aliphatic carbocycles. The summed E-state index contributed by atoms with van der Waals surface area (Å²) < 4.78 is 5.53. The maximum atomic E-state index is 6.08. The maximum Gasteiger partial charge on any atom is 0.0750 e. The average Bonchev–Trinajstić information content (AvgIpc) is 2.50. The molecule has 3 rings (SSSR count). The zero-order chi connectivity index (χ0) is 13.9. The van der Waals surface area contributed by atoms with Crippen LogP contribution in [0.3, 0.4) is 0 Å². The largest absolute Gasteiger partial charge is 0.379 e. The van der Waals surface area contributed by atoms with Gasteiger partial charge in [-0.15, -0.1) is 0 Å². The van der Waals surface area contributed by atoms with Crippen LogP contribution in [0, 0.1) is 0 Å². The molecule has 4 heteroatoms. The van der Waals surface area contributed by atoms with Gasteiger partial charge in [-0.1, -0.05) is 24.3 Å². The van der Waals surface area contributed by atoms with Gasteiger partial charge in [0, 0.05) is 36.8 Å². The van der Waals surface area contributed by atoms with Crippen molar-refractivity contribution >= 4 is 10.9 Å². The van der Waals surface area contributed by atoms with Gasteiger partial charge in [0.2, 0.25) is 0 Å². The summed E-state index contributed by atoms with van der Waals surface area (Å²) in [5.41, 5.74) is 8.36. The van der Waals surface area contributed by atoms with Crippen molar-refractivity contribution in [3.05, 3.63) is 42.1 Å². The van der Waals surface area contributed by atoms with Crippen molar-refractivity contribution in [3.8, 4) is 0 Å². The van der Waals surface area contributed by atoms with Crippen LogP contribution in [0.25, 0.3) is 10.9 Å². The number of ether oxygens (including phenoxy) is 1. The van der Waals surface area contributed by atoms with Gasteiger partial charge in [-0.3, -0.25) is 9.88 Å². The molecule has 106 valence electrons. The fraction of sp³-hybridized carbons (Fsp3) is 0.438. The molecule has 0 saturated carbocycles. The molecule has 1 aromatic heterocycles. The van der Waals surface area contributed by atoms with E-state index >= 15 is 0 Å². The van der Waals surface area contributed by atoms with Crippen LogP contribution in [0.2, 0.25) is 0 Å². The van der Waals surface area contributed by atoms with Crippen molar-refractivity contribution < 1.29 is 4.74 Å². The molecule has 2 aromatic rings. The average molecular weight is 271 g/mol. The van der Waals surface area contributed by atoms with Crippen LogP contribution >= 0.6 is 0 Å². The molecule has 1 aliphatic heterocycles. The van der Waals surface area contributed by atoms with Gasteiger partial charge in [0.25, 0.3) is 0 Å². The molecular formula is C16H21N3O. The van der Waals surface area contributed by atoms with Gasteiger partial charge in [0.05, 0.1) is 18.7 Å². The molecule has 2 unspecified atom stereocenters. The highest BCUT2D eigenvalue weighted by Gasteiger charge is 2.28. The SMILES string of the molecule is CC1COCCN1C(CN)c1cccc2cccnc12. The van der Waals surface area contributed by atoms with Crippen LogP contribution in [-0.4, -0.2) is 42.2 Å². The molecule has 4 nitrogen and oxygen atoms in total. The minimum Gasteiger partial charge on any atom is -0.379 e. The number of para-hydroxylation sites is 1. The fourth-order valence-electron chi connectivity index (χ4n) is 3.04. The van der Waals surface area contributed by atoms with Gasteiger partial charge < -0.3 is 10.5 Å². The van der Waals surface area contributed by atoms with Gasteiger partial charge in [0.15, 0.2) is 0 Å². The van der Waals surface area contributed by atoms with Crippen LogP contribution in [0.4, 0.5) is 0 Å². The lowest BCUT2D eigenvalue weighted by atomic mass is 9.99. The van der Waals surface area contributed by atoms with Gasteiger partial charge >= 0.3 is 0 Å². The van der Waals surface area contributed by atoms with Gasteiger partial charge in [-0.05, 0) is 18.6 Å². The summed E-state index contributed by atoms with van der Waals surface area (Å²) >= 11 is 0. The lowest BCUT2D eigenvalue weighted by molar-refractivity contribution is -0.0207. The standard InChI is InChI=1S/C16H21N3O/c1-12-11-20-9-8-19(12)15(10-17)14-6-2-4-13-5-3-7-18-16(13)14/h2-7,12,15H,8-11,17H2,1H3. The number of hydrogen-bond donors (Lipinski definition) is 1. The third-order valence-corrected chi connectivity index (χ3v) is 4.07. The number of benzene rings is 1. The quantitative estimate of drug-likeness (QED) is 0.927. The predicted octanol–water partition coefficient (Wildman–Crippen LogP) is 1.96. The van der Waals surface area contributed by atoms with Crippen molar-refractivity contribution in [2.45, 2.75) is 19.0 Å². The summed E-state index contributed by atoms with van der Waals surface area (Å²) in [5.74, 6) is 0. The maximum absolute atomic E-state index is 6.08. The number of rotatable bonds is 3. The molecule has 1 fully saturated rings. The summed E-state index contributed by atoms with van der Waals surface area (Å²) in [7, 11) is 0. The Hall–Kier alpha value is -1.49. The Morgan fingerprint density at radius 3 is 3.05 bits per heavy atom. The smallest absolute Gasteiger partial charge is 0.0750 e. The number of fused-ring (bicyclic) bond motifs is 1. The summed E-state index contributed by atoms with van der Waals surface area (Å²) in [4.78, 5) is 6.99. The van der Waals surface area contributed by atoms with E-state index in [0.717, 1.165) is 25.3 Å². The molecule has 1 saturated heterocycles. The van der Waals surface area contributed by atoms with Crippen molar-refractivity contribution in [2.24, 2.45) is 5.73 Å². The van der Waals surface area contributed by atoms with E-state index in [4.69, 9.17) is 10.5 Å². The second kappa shape index (κ2) is 5.87. The Balaban J connectivity index is 2.02. The molecule has 1 aromatic carbocycles. The lowest BCUT2D eigenvalue weighted by Gasteiger charge is -2.39. The Labute approximate surface area is 119 Å². The minimum absolute atomic E-state index is 0.201. The van der Waals surface area contributed by atoms with Crippen molar-refractivity contribution in [2.75, 3.05) is 26.3 Å². The first kappa shape index (κ1) is 13.5. The van der Waals surface area contributed by atoms with Crippen molar-refractivity contribution in [1.29, 1.82) is 0 Å². The van der Waals surface area contributed by atoms with Crippen LogP contribution in [-0.2, 0) is 4.74 Å². The highest BCUT2D eigenvalue weighted by molar-refractivity contribution is 5.82. The predicted molar refractivity (Wildman–Crippen MR) is 80.5 cm³/mol. The molecule has 2 heterocycles. The minimum atomic E-state index is 0.201. The monoisotopic (exact) mass is 271 g/mol. The summed E-state index contributed by atoms with van der Waals surface area (Å²) in [6.45, 7) is 5.26. The van der Waals surface area contributed by atoms with Crippen LogP contribution in [0.15, 0.2) is 36.5 Å². The molecular weight excluding hydrogens is 250 g/mol. The van der Waals surface area contributed by atoms with Crippen molar-refractivity contribution in [1.82, 2.24) is 9.88 Å². The second-order valence-electron chi connectivity index (χ2n) is 5.34. The van der Waals surface area contributed by atoms with E-state index in [1.807, 2.05) is 12.3 Å². The molecule has 0 spiro atoms. The highest BCUT2D eigenvalue weighted by atomic mass is 16.5. The number of aromatic nitrogens is 1. The van der Waals surface area contributed by atoms with Crippen molar-refractivity contribution in [3.63, 3.8) is 0 Å². The second-order valence-corrected chi connectivity index (χ2v) is 5.34. The van der Waals surface area contributed by atoms with E-state index in [1.165, 1.54) is 10.9 Å². The van der Waals surface area contributed by atoms with E-state index in [-0.39, 0.29) is 6.04 Å². The van der Waals surface area contributed by atoms with Crippen LogP contribution in [0.1, 0.15) is 18.5 Å². The lowest BCUT2D eigenvalue weighted by Crippen LogP contribution is -2.47. The first-order valence-electron chi connectivity index (χ1n) is 7.18. The number of nitrogens with zero attached hydrogens (tertiary/aromatic N) is 2. The molecule has 0 amide bonds. The Bertz CT molecular complexity index is 581. The number of morpholine rings is 1. The number of hydrogen-bond acceptors (Lipinski definition) is 4. The van der Waals surface area contributed by atoms with E-state index in [1.54, 1.807) is 0 Å². The van der Waals surface area contributed by atoms with E-state index < -0.39 is 0 Å². The normalized spacial score (nSPS) is 22.0. The molecule has 0 bridgehead atoms. The Morgan fingerprint density at radius 1 is 1.40 bits per heavy atom. The molecule has 2 N–H and O–H groups in total. The number of nitrogens with two attached hydrogens (primary N) is 1. The highest BCUT2D eigenvalue weighted by Crippen LogP contribution is 2.28. The topological polar surface area (TPSA) is 51.4 Å². The molecule has 2 atom stereocenters. The van der Waals surface area contributed by atoms with Gasteiger partial charge in [0.1, 0.15) is 0 Å². The Morgan fingerprint density at radius 2 is 2.25 bits per heavy atom. The molecule has 20 heavy (non-hydrogen) atoms. The summed E-state index contributed by atoms with van der Waals surface area (Å²) in [5, 5.41) is 1.17. The van der Waals surface area contributed by atoms with Gasteiger partial charge in [-0.2, -0.15) is 0 Å². The summed E-state index contributed by atoms with van der Waals surface area (Å²) in [6.07, 6.45) is 1.85. The van der Waals surface area contributed by atoms with Crippen LogP contribution < -0.4 is 5.73 Å². The van der Waals surface area contributed by atoms with Gasteiger partial charge in [-0.25, -0.2) is 0 Å². The Kier molecular flexibility index (Phi) is 3.96. The van der Waals surface area contributed by atoms with E-state index in [2.05, 4.69) is 41.1 Å².